The Morgan fingerprint density at radius 1 is 0.964 bits per heavy atom. The van der Waals surface area contributed by atoms with Crippen LogP contribution in [0.1, 0.15) is 64.2 Å². The molecule has 1 saturated carbocycles. The highest BCUT2D eigenvalue weighted by atomic mass is 16.1. The molecule has 28 heavy (non-hydrogen) atoms. The Morgan fingerprint density at radius 3 is 2.39 bits per heavy atom. The largest absolute Gasteiger partial charge is 0.359 e. The lowest BCUT2D eigenvalue weighted by atomic mass is 9.89. The number of aliphatic imine (C=N–C) groups is 1. The highest BCUT2D eigenvalue weighted by Gasteiger charge is 2.28. The molecule has 3 aliphatic rings. The monoisotopic (exact) mass is 391 g/mol. The van der Waals surface area contributed by atoms with Crippen LogP contribution in [0.5, 0.6) is 0 Å². The van der Waals surface area contributed by atoms with Crippen molar-refractivity contribution >= 4 is 11.9 Å². The van der Waals surface area contributed by atoms with E-state index in [1.807, 2.05) is 7.05 Å². The summed E-state index contributed by atoms with van der Waals surface area (Å²) >= 11 is 0. The highest BCUT2D eigenvalue weighted by molar-refractivity contribution is 5.80. The first-order chi connectivity index (χ1) is 13.7. The third-order valence-electron chi connectivity index (χ3n) is 7.09. The summed E-state index contributed by atoms with van der Waals surface area (Å²) in [5, 5.41) is 6.42. The second-order valence-electron chi connectivity index (χ2n) is 9.03. The van der Waals surface area contributed by atoms with E-state index in [1.165, 1.54) is 58.0 Å². The van der Waals surface area contributed by atoms with Crippen LogP contribution in [0.4, 0.5) is 0 Å². The Bertz CT molecular complexity index is 509. The van der Waals surface area contributed by atoms with Crippen molar-refractivity contribution in [3.05, 3.63) is 0 Å². The SMILES string of the molecule is CN=C(NCC1CCCN1CC1CCCCC1)N1CCC(CC(=O)NC)CC1. The minimum absolute atomic E-state index is 0.167. The Hall–Kier alpha value is -1.30. The number of nitrogens with one attached hydrogen (secondary N) is 2. The number of nitrogens with zero attached hydrogens (tertiary/aromatic N) is 3. The van der Waals surface area contributed by atoms with Crippen molar-refractivity contribution in [2.75, 3.05) is 46.8 Å². The van der Waals surface area contributed by atoms with E-state index in [4.69, 9.17) is 0 Å². The lowest BCUT2D eigenvalue weighted by molar-refractivity contribution is -0.121. The number of guanidine groups is 1. The van der Waals surface area contributed by atoms with Gasteiger partial charge in [-0.3, -0.25) is 14.7 Å². The zero-order valence-corrected chi connectivity index (χ0v) is 18.1. The number of amides is 1. The van der Waals surface area contributed by atoms with Gasteiger partial charge in [0.1, 0.15) is 0 Å². The lowest BCUT2D eigenvalue weighted by Gasteiger charge is -2.35. The lowest BCUT2D eigenvalue weighted by Crippen LogP contribution is -2.49. The van der Waals surface area contributed by atoms with E-state index < -0.39 is 0 Å². The van der Waals surface area contributed by atoms with Gasteiger partial charge in [0.2, 0.25) is 5.91 Å². The summed E-state index contributed by atoms with van der Waals surface area (Å²) in [6.07, 6.45) is 12.6. The van der Waals surface area contributed by atoms with Gasteiger partial charge in [0, 0.05) is 52.7 Å². The minimum atomic E-state index is 0.167. The first-order valence-corrected chi connectivity index (χ1v) is 11.6. The summed E-state index contributed by atoms with van der Waals surface area (Å²) in [4.78, 5) is 21.3. The van der Waals surface area contributed by atoms with E-state index in [0.29, 0.717) is 18.4 Å². The zero-order chi connectivity index (χ0) is 19.8. The van der Waals surface area contributed by atoms with Crippen molar-refractivity contribution < 1.29 is 4.79 Å². The van der Waals surface area contributed by atoms with Gasteiger partial charge in [-0.1, -0.05) is 19.3 Å². The predicted octanol–water partition coefficient (Wildman–Crippen LogP) is 2.45. The molecule has 0 aromatic heterocycles. The fraction of sp³-hybridized carbons (Fsp3) is 0.909. The second kappa shape index (κ2) is 11.0. The van der Waals surface area contributed by atoms with Gasteiger partial charge in [-0.25, -0.2) is 0 Å². The Kier molecular flexibility index (Phi) is 8.44. The molecule has 0 aromatic rings. The minimum Gasteiger partial charge on any atom is -0.359 e. The van der Waals surface area contributed by atoms with Crippen molar-refractivity contribution in [1.29, 1.82) is 0 Å². The van der Waals surface area contributed by atoms with Crippen LogP contribution in [0, 0.1) is 11.8 Å². The number of carbonyl (C=O) groups is 1. The summed E-state index contributed by atoms with van der Waals surface area (Å²) < 4.78 is 0. The van der Waals surface area contributed by atoms with Gasteiger partial charge in [-0.05, 0) is 56.9 Å². The second-order valence-corrected chi connectivity index (χ2v) is 9.03. The summed E-state index contributed by atoms with van der Waals surface area (Å²) in [6.45, 7) is 5.58. The molecule has 0 bridgehead atoms. The predicted molar refractivity (Wildman–Crippen MR) is 116 cm³/mol. The number of piperidine rings is 1. The number of hydrogen-bond donors (Lipinski definition) is 2. The molecule has 2 aliphatic heterocycles. The molecule has 1 aliphatic carbocycles. The molecule has 160 valence electrons. The molecule has 1 atom stereocenters. The van der Waals surface area contributed by atoms with Crippen LogP contribution in [-0.2, 0) is 4.79 Å². The van der Waals surface area contributed by atoms with Crippen LogP contribution < -0.4 is 10.6 Å². The van der Waals surface area contributed by atoms with Gasteiger partial charge >= 0.3 is 0 Å². The van der Waals surface area contributed by atoms with E-state index >= 15 is 0 Å². The molecular weight excluding hydrogens is 350 g/mol. The summed E-state index contributed by atoms with van der Waals surface area (Å²) in [5.41, 5.74) is 0. The van der Waals surface area contributed by atoms with Crippen molar-refractivity contribution in [2.24, 2.45) is 16.8 Å². The molecule has 0 spiro atoms. The number of likely N-dealkylation sites (tertiary alicyclic amines) is 2. The van der Waals surface area contributed by atoms with Gasteiger partial charge < -0.3 is 15.5 Å². The zero-order valence-electron chi connectivity index (χ0n) is 18.1. The van der Waals surface area contributed by atoms with Crippen molar-refractivity contribution in [3.8, 4) is 0 Å². The van der Waals surface area contributed by atoms with Gasteiger partial charge in [0.15, 0.2) is 5.96 Å². The van der Waals surface area contributed by atoms with E-state index in [0.717, 1.165) is 44.4 Å². The maximum Gasteiger partial charge on any atom is 0.220 e. The van der Waals surface area contributed by atoms with Crippen molar-refractivity contribution in [3.63, 3.8) is 0 Å². The fourth-order valence-corrected chi connectivity index (χ4v) is 5.32. The molecule has 3 fully saturated rings. The quantitative estimate of drug-likeness (QED) is 0.539. The smallest absolute Gasteiger partial charge is 0.220 e. The van der Waals surface area contributed by atoms with Gasteiger partial charge in [0.25, 0.3) is 0 Å². The van der Waals surface area contributed by atoms with Crippen molar-refractivity contribution in [2.45, 2.75) is 70.3 Å². The highest BCUT2D eigenvalue weighted by Crippen LogP contribution is 2.27. The van der Waals surface area contributed by atoms with E-state index in [1.54, 1.807) is 7.05 Å². The molecule has 0 aromatic carbocycles. The van der Waals surface area contributed by atoms with Crippen molar-refractivity contribution in [1.82, 2.24) is 20.4 Å². The molecule has 0 radical (unpaired) electrons. The molecular formula is C22H41N5O. The van der Waals surface area contributed by atoms with Crippen LogP contribution >= 0.6 is 0 Å². The first-order valence-electron chi connectivity index (χ1n) is 11.6. The topological polar surface area (TPSA) is 60.0 Å². The molecule has 2 saturated heterocycles. The third kappa shape index (κ3) is 6.10. The van der Waals surface area contributed by atoms with Crippen LogP contribution in [0.25, 0.3) is 0 Å². The number of carbonyl (C=O) groups excluding carboxylic acids is 1. The van der Waals surface area contributed by atoms with Crippen LogP contribution in [0.15, 0.2) is 4.99 Å². The van der Waals surface area contributed by atoms with E-state index in [9.17, 15) is 4.79 Å². The molecule has 1 unspecified atom stereocenters. The fourth-order valence-electron chi connectivity index (χ4n) is 5.32. The third-order valence-corrected chi connectivity index (χ3v) is 7.09. The molecule has 6 heteroatoms. The van der Waals surface area contributed by atoms with Crippen LogP contribution in [-0.4, -0.2) is 74.5 Å². The molecule has 1 amide bonds. The van der Waals surface area contributed by atoms with E-state index in [2.05, 4.69) is 25.4 Å². The average Bonchev–Trinajstić information content (AvgIpc) is 3.17. The van der Waals surface area contributed by atoms with Gasteiger partial charge in [-0.15, -0.1) is 0 Å². The maximum atomic E-state index is 11.6. The van der Waals surface area contributed by atoms with E-state index in [-0.39, 0.29) is 5.91 Å². The normalized spacial score (nSPS) is 25.9. The van der Waals surface area contributed by atoms with Crippen LogP contribution in [0.3, 0.4) is 0 Å². The molecule has 6 nitrogen and oxygen atoms in total. The standard InChI is InChI=1S/C22H41N5O/c1-23-21(28)15-18-10-13-26(14-11-18)22(24-2)25-16-20-9-6-12-27(20)17-19-7-4-3-5-8-19/h18-20H,3-17H2,1-2H3,(H,23,28)(H,24,25). The Balaban J connectivity index is 1.41. The summed E-state index contributed by atoms with van der Waals surface area (Å²) in [7, 11) is 3.62. The average molecular weight is 392 g/mol. The summed E-state index contributed by atoms with van der Waals surface area (Å²) in [5.74, 6) is 2.64. The maximum absolute atomic E-state index is 11.6. The Morgan fingerprint density at radius 2 is 1.71 bits per heavy atom. The number of rotatable bonds is 6. The Labute approximate surface area is 171 Å². The van der Waals surface area contributed by atoms with Crippen LogP contribution in [0.2, 0.25) is 0 Å². The van der Waals surface area contributed by atoms with Gasteiger partial charge in [0.05, 0.1) is 0 Å². The molecule has 2 N–H and O–H groups in total. The summed E-state index contributed by atoms with van der Waals surface area (Å²) in [6, 6.07) is 0.657. The van der Waals surface area contributed by atoms with Gasteiger partial charge in [-0.2, -0.15) is 0 Å². The first kappa shape index (κ1) is 21.4. The molecule has 3 rings (SSSR count). The number of hydrogen-bond acceptors (Lipinski definition) is 3. The molecule has 2 heterocycles.